The third-order valence-electron chi connectivity index (χ3n) is 6.31. The number of rotatable bonds is 5. The predicted octanol–water partition coefficient (Wildman–Crippen LogP) is 4.52. The summed E-state index contributed by atoms with van der Waals surface area (Å²) in [5, 5.41) is 0. The Morgan fingerprint density at radius 3 is 2.50 bits per heavy atom. The van der Waals surface area contributed by atoms with Crippen molar-refractivity contribution in [1.82, 2.24) is 9.80 Å². The van der Waals surface area contributed by atoms with Crippen molar-refractivity contribution in [2.75, 3.05) is 51.8 Å². The maximum Gasteiger partial charge on any atom is 0.0546 e. The van der Waals surface area contributed by atoms with Crippen LogP contribution in [0.4, 0.5) is 0 Å². The van der Waals surface area contributed by atoms with E-state index in [4.69, 9.17) is 0 Å². The van der Waals surface area contributed by atoms with Crippen LogP contribution in [0.15, 0.2) is 63.2 Å². The Morgan fingerprint density at radius 1 is 1.07 bits per heavy atom. The smallest absolute Gasteiger partial charge is 0.0546 e. The lowest BCUT2D eigenvalue weighted by Crippen LogP contribution is -2.44. The number of piperazine rings is 1. The molecule has 2 aliphatic rings. The van der Waals surface area contributed by atoms with Gasteiger partial charge in [0.2, 0.25) is 0 Å². The summed E-state index contributed by atoms with van der Waals surface area (Å²) in [7, 11) is -1.62. The van der Waals surface area contributed by atoms with Crippen molar-refractivity contribution in [3.05, 3.63) is 59.7 Å². The second kappa shape index (κ2) is 8.24. The fraction of sp³-hybridized carbons (Fsp3) is 0.417. The molecule has 0 radical (unpaired) electrons. The molecule has 0 bridgehead atoms. The summed E-state index contributed by atoms with van der Waals surface area (Å²) in [5.74, 6) is 0.224. The Labute approximate surface area is 184 Å². The number of benzene rings is 2. The Balaban J connectivity index is 1.68. The van der Waals surface area contributed by atoms with Crippen LogP contribution in [0.1, 0.15) is 24.5 Å². The van der Waals surface area contributed by atoms with Crippen molar-refractivity contribution in [3.63, 3.8) is 0 Å². The summed E-state index contributed by atoms with van der Waals surface area (Å²) in [5.41, 5.74) is 3.49. The number of hydrogen-bond donors (Lipinski definition) is 1. The van der Waals surface area contributed by atoms with E-state index in [1.807, 2.05) is 18.2 Å². The lowest BCUT2D eigenvalue weighted by Gasteiger charge is -2.38. The van der Waals surface area contributed by atoms with Crippen molar-refractivity contribution in [2.45, 2.75) is 28.0 Å². The normalized spacial score (nSPS) is 20.4. The van der Waals surface area contributed by atoms with Gasteiger partial charge in [0.15, 0.2) is 0 Å². The third kappa shape index (κ3) is 4.43. The topological polar surface area (TPSA) is 43.8 Å². The Morgan fingerprint density at radius 2 is 1.77 bits per heavy atom. The summed E-state index contributed by atoms with van der Waals surface area (Å²) >= 11 is 1.75. The average molecular weight is 445 g/mol. The maximum absolute atomic E-state index is 13.2. The molecule has 1 saturated heterocycles. The van der Waals surface area contributed by atoms with Crippen molar-refractivity contribution in [2.24, 2.45) is 0 Å². The quantitative estimate of drug-likeness (QED) is 0.627. The molecule has 4 rings (SSSR count). The molecule has 4 nitrogen and oxygen atoms in total. The van der Waals surface area contributed by atoms with Gasteiger partial charge in [0.05, 0.1) is 4.90 Å². The number of nitrogens with zero attached hydrogens (tertiary/aromatic N) is 2. The van der Waals surface area contributed by atoms with E-state index in [1.165, 1.54) is 22.3 Å². The maximum atomic E-state index is 13.2. The number of fused-ring (bicyclic) bond motifs is 2. The molecule has 0 atom stereocenters. The minimum Gasteiger partial charge on any atom is -0.304 e. The van der Waals surface area contributed by atoms with Crippen molar-refractivity contribution in [1.29, 1.82) is 0 Å². The molecule has 2 aromatic carbocycles. The van der Waals surface area contributed by atoms with E-state index in [1.54, 1.807) is 18.7 Å². The van der Waals surface area contributed by atoms with Crippen LogP contribution in [0.3, 0.4) is 0 Å². The van der Waals surface area contributed by atoms with Crippen LogP contribution in [0, 0.1) is 0 Å². The van der Waals surface area contributed by atoms with Crippen LogP contribution in [0.2, 0.25) is 0 Å². The monoisotopic (exact) mass is 444 g/mol. The second-order valence-electron chi connectivity index (χ2n) is 8.58. The Kier molecular flexibility index (Phi) is 5.99. The molecule has 0 unspecified atom stereocenters. The highest BCUT2D eigenvalue weighted by Crippen LogP contribution is 2.47. The fourth-order valence-corrected chi connectivity index (χ4v) is 6.28. The molecular weight excluding hydrogens is 412 g/mol. The van der Waals surface area contributed by atoms with Gasteiger partial charge in [-0.2, -0.15) is 9.35 Å². The van der Waals surface area contributed by atoms with Gasteiger partial charge < -0.3 is 9.80 Å². The van der Waals surface area contributed by atoms with Crippen molar-refractivity contribution in [3.8, 4) is 0 Å². The second-order valence-corrected chi connectivity index (χ2v) is 13.7. The largest absolute Gasteiger partial charge is 0.304 e. The summed E-state index contributed by atoms with van der Waals surface area (Å²) in [6.45, 7) is 7.32. The molecule has 1 N–H and O–H groups in total. The van der Waals surface area contributed by atoms with Crippen molar-refractivity contribution >= 4 is 26.7 Å². The first-order chi connectivity index (χ1) is 14.2. The van der Waals surface area contributed by atoms with E-state index in [0.717, 1.165) is 49.6 Å². The lowest BCUT2D eigenvalue weighted by molar-refractivity contribution is 0.156. The summed E-state index contributed by atoms with van der Waals surface area (Å²) < 4.78 is 24.0. The molecule has 1 fully saturated rings. The van der Waals surface area contributed by atoms with Crippen LogP contribution in [0.5, 0.6) is 0 Å². The van der Waals surface area contributed by atoms with Crippen LogP contribution in [-0.4, -0.2) is 70.3 Å². The van der Waals surface area contributed by atoms with E-state index >= 15 is 0 Å². The van der Waals surface area contributed by atoms with Gasteiger partial charge in [0.1, 0.15) is 0 Å². The van der Waals surface area contributed by atoms with E-state index in [-0.39, 0.29) is 5.75 Å². The highest BCUT2D eigenvalue weighted by atomic mass is 32.3. The van der Waals surface area contributed by atoms with E-state index in [9.17, 15) is 8.76 Å². The minimum atomic E-state index is -3.81. The molecule has 0 aliphatic carbocycles. The van der Waals surface area contributed by atoms with Gasteiger partial charge >= 0.3 is 0 Å². The summed E-state index contributed by atoms with van der Waals surface area (Å²) in [6.07, 6.45) is 4.79. The Bertz CT molecular complexity index is 1030. The molecule has 2 heterocycles. The standard InChI is InChI=1S/C24H32N2O2S2/c1-4-30(3,27,28)19-11-12-24-22(18-19)20(21-8-5-6-10-23(21)29-24)9-7-13-26-16-14-25(2)15-17-26/h5-6,8-12,18H,4,7,13-17H2,1-3H3,(H,27,28)/b20-9-. The molecule has 0 saturated carbocycles. The van der Waals surface area contributed by atoms with Gasteiger partial charge in [-0.3, -0.25) is 4.55 Å². The molecule has 2 aromatic rings. The van der Waals surface area contributed by atoms with Gasteiger partial charge in [0.25, 0.3) is 0 Å². The summed E-state index contributed by atoms with van der Waals surface area (Å²) in [4.78, 5) is 7.85. The zero-order chi connectivity index (χ0) is 21.4. The summed E-state index contributed by atoms with van der Waals surface area (Å²) in [6, 6.07) is 14.3. The molecular formula is C24H32N2O2S2. The number of hydrogen-bond acceptors (Lipinski definition) is 4. The first kappa shape index (κ1) is 21.8. The first-order valence-corrected chi connectivity index (χ1v) is 14.0. The van der Waals surface area contributed by atoms with Gasteiger partial charge in [-0.15, -0.1) is 0 Å². The minimum absolute atomic E-state index is 0.224. The molecule has 0 spiro atoms. The van der Waals surface area contributed by atoms with E-state index in [2.05, 4.69) is 47.2 Å². The molecule has 0 aromatic heterocycles. The Hall–Kier alpha value is -1.44. The molecule has 30 heavy (non-hydrogen) atoms. The van der Waals surface area contributed by atoms with E-state index in [0.29, 0.717) is 4.90 Å². The van der Waals surface area contributed by atoms with E-state index < -0.39 is 9.35 Å². The molecule has 162 valence electrons. The van der Waals surface area contributed by atoms with Crippen LogP contribution in [-0.2, 0) is 9.35 Å². The zero-order valence-corrected chi connectivity index (χ0v) is 19.8. The first-order valence-electron chi connectivity index (χ1n) is 10.7. The van der Waals surface area contributed by atoms with Crippen LogP contribution in [0.25, 0.3) is 5.57 Å². The fourth-order valence-electron chi connectivity index (χ4n) is 4.03. The van der Waals surface area contributed by atoms with Gasteiger partial charge in [0, 0.05) is 54.5 Å². The zero-order valence-electron chi connectivity index (χ0n) is 18.1. The van der Waals surface area contributed by atoms with Crippen LogP contribution >= 0.6 is 11.8 Å². The van der Waals surface area contributed by atoms with Crippen LogP contribution < -0.4 is 0 Å². The predicted molar refractivity (Wildman–Crippen MR) is 128 cm³/mol. The van der Waals surface area contributed by atoms with Gasteiger partial charge in [-0.1, -0.05) is 36.0 Å². The SMILES string of the molecule is CCS(C)(=O)(O)c1ccc2c(c1)/C(=C\CCN1CCN(C)CC1)c1ccccc1S2. The van der Waals surface area contributed by atoms with Crippen molar-refractivity contribution < 1.29 is 8.76 Å². The highest BCUT2D eigenvalue weighted by Gasteiger charge is 2.27. The molecule has 2 aliphatic heterocycles. The average Bonchev–Trinajstić information content (AvgIpc) is 2.74. The third-order valence-corrected chi connectivity index (χ3v) is 10.3. The lowest BCUT2D eigenvalue weighted by atomic mass is 9.96. The number of likely N-dealkylation sites (N-methyl/N-ethyl adjacent to an activating group) is 1. The van der Waals surface area contributed by atoms with Gasteiger partial charge in [-0.05, 0) is 61.4 Å². The molecule has 6 heteroatoms. The highest BCUT2D eigenvalue weighted by molar-refractivity contribution is 8.14. The molecule has 0 amide bonds. The van der Waals surface area contributed by atoms with Gasteiger partial charge in [-0.25, -0.2) is 4.21 Å².